The number of anilines is 1. The fourth-order valence-electron chi connectivity index (χ4n) is 3.17. The summed E-state index contributed by atoms with van der Waals surface area (Å²) >= 11 is 0. The number of aromatic nitrogens is 2. The van der Waals surface area contributed by atoms with Crippen LogP contribution in [0.3, 0.4) is 0 Å². The summed E-state index contributed by atoms with van der Waals surface area (Å²) < 4.78 is 10.9. The van der Waals surface area contributed by atoms with Crippen LogP contribution in [0.25, 0.3) is 0 Å². The van der Waals surface area contributed by atoms with E-state index in [1.165, 1.54) is 12.3 Å². The molecule has 0 atom stereocenters. The molecule has 2 fully saturated rings. The summed E-state index contributed by atoms with van der Waals surface area (Å²) in [6.45, 7) is 1.92. The van der Waals surface area contributed by atoms with E-state index in [4.69, 9.17) is 9.47 Å². The number of carbonyl (C=O) groups is 2. The van der Waals surface area contributed by atoms with Crippen molar-refractivity contribution in [3.05, 3.63) is 36.0 Å². The Bertz CT molecular complexity index is 895. The summed E-state index contributed by atoms with van der Waals surface area (Å²) in [7, 11) is 1.58. The van der Waals surface area contributed by atoms with Gasteiger partial charge in [-0.05, 0) is 37.8 Å². The number of urea groups is 1. The van der Waals surface area contributed by atoms with Gasteiger partial charge in [-0.2, -0.15) is 4.98 Å². The first-order valence-electron chi connectivity index (χ1n) is 8.35. The Morgan fingerprint density at radius 2 is 2.04 bits per heavy atom. The number of imide groups is 1. The lowest BCUT2D eigenvalue weighted by Gasteiger charge is -2.34. The van der Waals surface area contributed by atoms with Gasteiger partial charge in [-0.3, -0.25) is 4.79 Å². The van der Waals surface area contributed by atoms with Crippen molar-refractivity contribution in [1.29, 1.82) is 0 Å². The van der Waals surface area contributed by atoms with Crippen molar-refractivity contribution in [3.63, 3.8) is 0 Å². The van der Waals surface area contributed by atoms with Crippen LogP contribution in [0, 0.1) is 6.92 Å². The van der Waals surface area contributed by atoms with E-state index in [1.54, 1.807) is 19.2 Å². The highest BCUT2D eigenvalue weighted by molar-refractivity contribution is 6.23. The van der Waals surface area contributed by atoms with Crippen molar-refractivity contribution in [3.8, 4) is 17.5 Å². The molecule has 26 heavy (non-hydrogen) atoms. The van der Waals surface area contributed by atoms with Gasteiger partial charge in [-0.25, -0.2) is 14.7 Å². The number of methoxy groups -OCH3 is 1. The molecule has 1 aliphatic carbocycles. The third kappa shape index (κ3) is 2.54. The molecule has 2 aromatic rings. The molecule has 1 aliphatic heterocycles. The van der Waals surface area contributed by atoms with Gasteiger partial charge >= 0.3 is 12.0 Å². The average molecular weight is 354 g/mol. The van der Waals surface area contributed by atoms with Crippen LogP contribution >= 0.6 is 0 Å². The summed E-state index contributed by atoms with van der Waals surface area (Å²) in [4.78, 5) is 34.2. The number of ether oxygens (including phenoxy) is 2. The molecule has 0 unspecified atom stereocenters. The molecule has 1 spiro atoms. The lowest BCUT2D eigenvalue weighted by atomic mass is 9.77. The number of nitrogens with one attached hydrogen (secondary N) is 1. The number of benzene rings is 1. The van der Waals surface area contributed by atoms with Crippen LogP contribution in [0.15, 0.2) is 30.5 Å². The summed E-state index contributed by atoms with van der Waals surface area (Å²) in [5.41, 5.74) is 0.215. The number of carbonyl (C=O) groups excluding carboxylic acids is 2. The van der Waals surface area contributed by atoms with Crippen LogP contribution in [0.2, 0.25) is 0 Å². The molecule has 0 bridgehead atoms. The van der Waals surface area contributed by atoms with E-state index < -0.39 is 11.6 Å². The molecule has 2 aliphatic rings. The van der Waals surface area contributed by atoms with Gasteiger partial charge in [0.1, 0.15) is 17.0 Å². The van der Waals surface area contributed by atoms with E-state index in [0.29, 0.717) is 24.3 Å². The maximum atomic E-state index is 12.6. The molecule has 1 N–H and O–H groups in total. The second kappa shape index (κ2) is 5.98. The molecule has 8 nitrogen and oxygen atoms in total. The van der Waals surface area contributed by atoms with Crippen molar-refractivity contribution < 1.29 is 19.1 Å². The van der Waals surface area contributed by atoms with Crippen molar-refractivity contribution in [2.45, 2.75) is 31.7 Å². The number of nitrogens with zero attached hydrogens (tertiary/aromatic N) is 3. The Morgan fingerprint density at radius 1 is 1.23 bits per heavy atom. The molecular weight excluding hydrogens is 336 g/mol. The highest BCUT2D eigenvalue weighted by Gasteiger charge is 2.55. The molecule has 2 heterocycles. The zero-order valence-corrected chi connectivity index (χ0v) is 14.5. The normalized spacial score (nSPS) is 17.8. The van der Waals surface area contributed by atoms with Crippen LogP contribution in [-0.4, -0.2) is 34.6 Å². The van der Waals surface area contributed by atoms with E-state index in [9.17, 15) is 9.59 Å². The quantitative estimate of drug-likeness (QED) is 0.848. The molecule has 1 aromatic carbocycles. The second-order valence-electron chi connectivity index (χ2n) is 6.44. The van der Waals surface area contributed by atoms with Crippen molar-refractivity contribution in [2.75, 3.05) is 12.0 Å². The Hall–Kier alpha value is -3.16. The highest BCUT2D eigenvalue weighted by atomic mass is 16.5. The number of hydrogen-bond donors (Lipinski definition) is 1. The first kappa shape index (κ1) is 16.3. The molecule has 3 amide bonds. The smallest absolute Gasteiger partial charge is 0.330 e. The molecule has 8 heteroatoms. The molecule has 4 rings (SSSR count). The van der Waals surface area contributed by atoms with Crippen molar-refractivity contribution in [1.82, 2.24) is 15.3 Å². The predicted octanol–water partition coefficient (Wildman–Crippen LogP) is 2.56. The lowest BCUT2D eigenvalue weighted by molar-refractivity contribution is -0.124. The summed E-state index contributed by atoms with van der Waals surface area (Å²) in [6.07, 6.45) is 3.69. The number of hydrogen-bond acceptors (Lipinski definition) is 6. The minimum absolute atomic E-state index is 0.0450. The van der Waals surface area contributed by atoms with E-state index in [2.05, 4.69) is 15.3 Å². The van der Waals surface area contributed by atoms with Gasteiger partial charge in [0.05, 0.1) is 7.11 Å². The summed E-state index contributed by atoms with van der Waals surface area (Å²) in [5, 5.41) is 2.78. The first-order chi connectivity index (χ1) is 12.5. The maximum Gasteiger partial charge on any atom is 0.330 e. The monoisotopic (exact) mass is 354 g/mol. The maximum absolute atomic E-state index is 12.6. The Morgan fingerprint density at radius 3 is 2.69 bits per heavy atom. The van der Waals surface area contributed by atoms with E-state index in [0.717, 1.165) is 16.9 Å². The van der Waals surface area contributed by atoms with Crippen molar-refractivity contribution >= 4 is 17.8 Å². The molecule has 1 aromatic heterocycles. The largest absolute Gasteiger partial charge is 0.496 e. The van der Waals surface area contributed by atoms with Gasteiger partial charge in [0, 0.05) is 18.3 Å². The lowest BCUT2D eigenvalue weighted by Crippen LogP contribution is -2.52. The predicted molar refractivity (Wildman–Crippen MR) is 92.4 cm³/mol. The molecule has 134 valence electrons. The van der Waals surface area contributed by atoms with Crippen LogP contribution in [-0.2, 0) is 4.79 Å². The van der Waals surface area contributed by atoms with Gasteiger partial charge in [-0.15, -0.1) is 0 Å². The average Bonchev–Trinajstić information content (AvgIpc) is 2.88. The SMILES string of the molecule is COc1cc(Oc2nccc(N3C(=O)NC4(CCC4)C3=O)n2)ccc1C. The van der Waals surface area contributed by atoms with Gasteiger partial charge in [0.2, 0.25) is 0 Å². The summed E-state index contributed by atoms with van der Waals surface area (Å²) in [6, 6.07) is 6.45. The number of aryl methyl sites for hydroxylation is 1. The van der Waals surface area contributed by atoms with E-state index >= 15 is 0 Å². The van der Waals surface area contributed by atoms with Gasteiger partial charge in [-0.1, -0.05) is 6.07 Å². The van der Waals surface area contributed by atoms with Crippen LogP contribution in [0.5, 0.6) is 17.5 Å². The van der Waals surface area contributed by atoms with Crippen LogP contribution in [0.4, 0.5) is 10.6 Å². The fourth-order valence-corrected chi connectivity index (χ4v) is 3.17. The van der Waals surface area contributed by atoms with Crippen LogP contribution in [0.1, 0.15) is 24.8 Å². The third-order valence-corrected chi connectivity index (χ3v) is 4.81. The Labute approximate surface area is 150 Å². The van der Waals surface area contributed by atoms with E-state index in [-0.39, 0.29) is 17.7 Å². The van der Waals surface area contributed by atoms with Gasteiger partial charge in [0.25, 0.3) is 5.91 Å². The topological polar surface area (TPSA) is 93.7 Å². The minimum Gasteiger partial charge on any atom is -0.496 e. The molecular formula is C18H18N4O4. The first-order valence-corrected chi connectivity index (χ1v) is 8.35. The fraction of sp³-hybridized carbons (Fsp3) is 0.333. The Kier molecular flexibility index (Phi) is 3.75. The van der Waals surface area contributed by atoms with Crippen LogP contribution < -0.4 is 19.7 Å². The number of rotatable bonds is 4. The zero-order valence-electron chi connectivity index (χ0n) is 14.5. The van der Waals surface area contributed by atoms with E-state index in [1.807, 2.05) is 13.0 Å². The third-order valence-electron chi connectivity index (χ3n) is 4.81. The number of amides is 3. The Balaban J connectivity index is 1.59. The molecule has 0 radical (unpaired) electrons. The zero-order chi connectivity index (χ0) is 18.3. The summed E-state index contributed by atoms with van der Waals surface area (Å²) in [5.74, 6) is 1.10. The molecule has 1 saturated heterocycles. The highest BCUT2D eigenvalue weighted by Crippen LogP contribution is 2.38. The molecule has 1 saturated carbocycles. The minimum atomic E-state index is -0.757. The van der Waals surface area contributed by atoms with Crippen molar-refractivity contribution in [2.24, 2.45) is 0 Å². The van der Waals surface area contributed by atoms with Gasteiger partial charge in [0.15, 0.2) is 5.82 Å². The standard InChI is InChI=1S/C18H18N4O4/c1-11-4-5-12(10-13(11)25-2)26-16-19-9-6-14(20-16)22-15(23)18(7-3-8-18)21-17(22)24/h4-6,9-10H,3,7-8H2,1-2H3,(H,21,24). The second-order valence-corrected chi connectivity index (χ2v) is 6.44. The van der Waals surface area contributed by atoms with Gasteiger partial charge < -0.3 is 14.8 Å².